The summed E-state index contributed by atoms with van der Waals surface area (Å²) >= 11 is 0. The molecule has 0 saturated heterocycles. The Morgan fingerprint density at radius 1 is 1.75 bits per heavy atom. The molecule has 0 aliphatic rings. The average molecular weight is 109 g/mol. The molecule has 0 aromatic carbocycles. The minimum Gasteiger partial charge on any atom is -0.322 e. The summed E-state index contributed by atoms with van der Waals surface area (Å²) in [6.07, 6.45) is 2.50. The van der Waals surface area contributed by atoms with Crippen LogP contribution in [-0.4, -0.2) is 5.91 Å². The average Bonchev–Trinajstić information content (AvgIpc) is 1.83. The molecule has 1 amide bonds. The first-order valence-corrected chi connectivity index (χ1v) is 2.08. The van der Waals surface area contributed by atoms with Gasteiger partial charge in [-0.3, -0.25) is 4.79 Å². The summed E-state index contributed by atoms with van der Waals surface area (Å²) in [5.41, 5.74) is 2.38. The number of carbonyl (C=O) groups is 1. The van der Waals surface area contributed by atoms with E-state index in [4.69, 9.17) is 0 Å². The van der Waals surface area contributed by atoms with Gasteiger partial charge in [-0.2, -0.15) is 0 Å². The van der Waals surface area contributed by atoms with Crippen LogP contribution in [0.4, 0.5) is 0 Å². The summed E-state index contributed by atoms with van der Waals surface area (Å²) in [5.74, 6) is -0.249. The molecule has 0 aliphatic carbocycles. The Morgan fingerprint density at radius 2 is 2.38 bits per heavy atom. The molecule has 0 rings (SSSR count). The van der Waals surface area contributed by atoms with E-state index in [1.165, 1.54) is 12.3 Å². The molecular formula is C6H7NO. The van der Waals surface area contributed by atoms with Gasteiger partial charge in [-0.25, -0.2) is 0 Å². The molecule has 42 valence electrons. The molecule has 2 nitrogen and oxygen atoms in total. The summed E-state index contributed by atoms with van der Waals surface area (Å²) in [5, 5.41) is 2.33. The van der Waals surface area contributed by atoms with E-state index in [2.05, 4.69) is 24.2 Å². The van der Waals surface area contributed by atoms with E-state index in [0.717, 1.165) is 0 Å². The number of carbonyl (C=O) groups excluding carboxylic acids is 1. The molecule has 0 atom stereocenters. The Morgan fingerprint density at radius 3 is 2.75 bits per heavy atom. The lowest BCUT2D eigenvalue weighted by Gasteiger charge is -1.85. The number of nitrogens with one attached hydrogen (secondary N) is 1. The molecule has 0 spiro atoms. The number of hydrogen-bond donors (Lipinski definition) is 1. The van der Waals surface area contributed by atoms with Crippen LogP contribution in [0.15, 0.2) is 31.2 Å². The molecule has 0 heterocycles. The van der Waals surface area contributed by atoms with E-state index in [0.29, 0.717) is 0 Å². The van der Waals surface area contributed by atoms with Crippen LogP contribution in [-0.2, 0) is 4.79 Å². The van der Waals surface area contributed by atoms with E-state index in [9.17, 15) is 4.79 Å². The second kappa shape index (κ2) is 3.90. The molecular weight excluding hydrogens is 102 g/mol. The Balaban J connectivity index is 3.55. The number of hydrogen-bond acceptors (Lipinski definition) is 1. The zero-order valence-corrected chi connectivity index (χ0v) is 4.48. The monoisotopic (exact) mass is 109 g/mol. The van der Waals surface area contributed by atoms with Crippen molar-refractivity contribution in [1.82, 2.24) is 5.32 Å². The van der Waals surface area contributed by atoms with E-state index < -0.39 is 0 Å². The molecule has 0 radical (unpaired) electrons. The van der Waals surface area contributed by atoms with Crippen LogP contribution in [0.2, 0.25) is 0 Å². The molecule has 0 bridgehead atoms. The second-order valence-corrected chi connectivity index (χ2v) is 1.06. The molecule has 8 heavy (non-hydrogen) atoms. The Kier molecular flexibility index (Phi) is 3.28. The molecule has 0 aromatic rings. The molecule has 1 N–H and O–H groups in total. The van der Waals surface area contributed by atoms with Crippen LogP contribution < -0.4 is 5.32 Å². The third kappa shape index (κ3) is 2.94. The van der Waals surface area contributed by atoms with Crippen LogP contribution in [0.1, 0.15) is 0 Å². The lowest BCUT2D eigenvalue weighted by atomic mass is 10.6. The predicted octanol–water partition coefficient (Wildman–Crippen LogP) is 0.587. The fraction of sp³-hybridized carbons (Fsp3) is 0. The van der Waals surface area contributed by atoms with Gasteiger partial charge >= 0.3 is 0 Å². The van der Waals surface area contributed by atoms with Crippen molar-refractivity contribution in [3.8, 4) is 0 Å². The van der Waals surface area contributed by atoms with Crippen LogP contribution in [0.25, 0.3) is 0 Å². The highest BCUT2D eigenvalue weighted by atomic mass is 16.1. The number of rotatable bonds is 2. The van der Waals surface area contributed by atoms with Crippen molar-refractivity contribution in [1.29, 1.82) is 0 Å². The zero-order chi connectivity index (χ0) is 6.41. The first kappa shape index (κ1) is 6.73. The summed E-state index contributed by atoms with van der Waals surface area (Å²) in [6.45, 7) is 6.47. The van der Waals surface area contributed by atoms with Crippen LogP contribution >= 0.6 is 0 Å². The normalized spacial score (nSPS) is 6.50. The van der Waals surface area contributed by atoms with Gasteiger partial charge in [0.25, 0.3) is 0 Å². The summed E-state index contributed by atoms with van der Waals surface area (Å²) in [6, 6.07) is 0. The smallest absolute Gasteiger partial charge is 0.247 e. The Hall–Kier alpha value is -1.27. The predicted molar refractivity (Wildman–Crippen MR) is 32.0 cm³/mol. The van der Waals surface area contributed by atoms with Crippen LogP contribution in [0, 0.1) is 0 Å². The van der Waals surface area contributed by atoms with Gasteiger partial charge in [-0.1, -0.05) is 13.2 Å². The third-order valence-electron chi connectivity index (χ3n) is 0.502. The fourth-order valence-corrected chi connectivity index (χ4v) is 0.181. The van der Waals surface area contributed by atoms with Crippen LogP contribution in [0.5, 0.6) is 0 Å². The molecule has 0 aliphatic heterocycles. The molecule has 0 fully saturated rings. The number of amides is 1. The van der Waals surface area contributed by atoms with Crippen molar-refractivity contribution < 1.29 is 4.79 Å². The van der Waals surface area contributed by atoms with Gasteiger partial charge in [-0.15, -0.1) is 5.73 Å². The largest absolute Gasteiger partial charge is 0.322 e. The van der Waals surface area contributed by atoms with Gasteiger partial charge < -0.3 is 5.32 Å². The van der Waals surface area contributed by atoms with E-state index >= 15 is 0 Å². The van der Waals surface area contributed by atoms with Crippen LogP contribution in [0.3, 0.4) is 0 Å². The highest BCUT2D eigenvalue weighted by molar-refractivity contribution is 5.87. The SMILES string of the molecule is C=C=CNC(=O)C=C. The molecule has 2 heteroatoms. The minimum absolute atomic E-state index is 0.249. The van der Waals surface area contributed by atoms with Crippen molar-refractivity contribution in [3.05, 3.63) is 31.2 Å². The highest BCUT2D eigenvalue weighted by Crippen LogP contribution is 1.63. The standard InChI is InChI=1S/C6H7NO/c1-3-5-7-6(8)4-2/h4-5H,1-2H2,(H,7,8). The Labute approximate surface area is 48.2 Å². The second-order valence-electron chi connectivity index (χ2n) is 1.06. The van der Waals surface area contributed by atoms with Gasteiger partial charge in [-0.05, 0) is 6.08 Å². The minimum atomic E-state index is -0.249. The Bertz CT molecular complexity index is 143. The van der Waals surface area contributed by atoms with Crippen molar-refractivity contribution >= 4 is 5.91 Å². The molecule has 0 saturated carbocycles. The molecule has 0 aromatic heterocycles. The first-order chi connectivity index (χ1) is 3.81. The lowest BCUT2D eigenvalue weighted by molar-refractivity contribution is -0.115. The van der Waals surface area contributed by atoms with Gasteiger partial charge in [0, 0.05) is 6.20 Å². The quantitative estimate of drug-likeness (QED) is 0.408. The van der Waals surface area contributed by atoms with Crippen molar-refractivity contribution in [2.24, 2.45) is 0 Å². The van der Waals surface area contributed by atoms with E-state index in [1.807, 2.05) is 0 Å². The highest BCUT2D eigenvalue weighted by Gasteiger charge is 1.82. The van der Waals surface area contributed by atoms with E-state index in [1.54, 1.807) is 0 Å². The fourth-order valence-electron chi connectivity index (χ4n) is 0.181. The third-order valence-corrected chi connectivity index (χ3v) is 0.502. The lowest BCUT2D eigenvalue weighted by Crippen LogP contribution is -2.11. The topological polar surface area (TPSA) is 29.1 Å². The summed E-state index contributed by atoms with van der Waals surface area (Å²) < 4.78 is 0. The summed E-state index contributed by atoms with van der Waals surface area (Å²) in [7, 11) is 0. The maximum absolute atomic E-state index is 10.2. The van der Waals surface area contributed by atoms with Gasteiger partial charge in [0.2, 0.25) is 5.91 Å². The van der Waals surface area contributed by atoms with Crippen molar-refractivity contribution in [3.63, 3.8) is 0 Å². The summed E-state index contributed by atoms with van der Waals surface area (Å²) in [4.78, 5) is 10.2. The van der Waals surface area contributed by atoms with Crippen molar-refractivity contribution in [2.45, 2.75) is 0 Å². The van der Waals surface area contributed by atoms with Gasteiger partial charge in [0.05, 0.1) is 0 Å². The maximum Gasteiger partial charge on any atom is 0.247 e. The van der Waals surface area contributed by atoms with Gasteiger partial charge in [0.1, 0.15) is 0 Å². The maximum atomic E-state index is 10.2. The van der Waals surface area contributed by atoms with Gasteiger partial charge in [0.15, 0.2) is 0 Å². The molecule has 0 unspecified atom stereocenters. The van der Waals surface area contributed by atoms with E-state index in [-0.39, 0.29) is 5.91 Å². The zero-order valence-electron chi connectivity index (χ0n) is 4.48. The van der Waals surface area contributed by atoms with Crippen molar-refractivity contribution in [2.75, 3.05) is 0 Å². The first-order valence-electron chi connectivity index (χ1n) is 2.08.